The Kier molecular flexibility index (Phi) is 5.69. The highest BCUT2D eigenvalue weighted by Gasteiger charge is 2.11. The molecule has 2 nitrogen and oxygen atoms in total. The van der Waals surface area contributed by atoms with Gasteiger partial charge < -0.3 is 10.1 Å². The molecule has 1 N–H and O–H groups in total. The van der Waals surface area contributed by atoms with E-state index in [4.69, 9.17) is 4.74 Å². The van der Waals surface area contributed by atoms with E-state index in [1.54, 1.807) is 0 Å². The van der Waals surface area contributed by atoms with E-state index in [1.807, 2.05) is 18.2 Å². The minimum atomic E-state index is 0.266. The summed E-state index contributed by atoms with van der Waals surface area (Å²) in [4.78, 5) is 0. The van der Waals surface area contributed by atoms with Gasteiger partial charge in [-0.1, -0.05) is 91.0 Å². The minimum absolute atomic E-state index is 0.266. The van der Waals surface area contributed by atoms with Gasteiger partial charge >= 0.3 is 0 Å². The first-order valence-corrected chi connectivity index (χ1v) is 9.77. The van der Waals surface area contributed by atoms with E-state index in [0.717, 1.165) is 12.3 Å². The number of hydrogen-bond donors (Lipinski definition) is 1. The van der Waals surface area contributed by atoms with Crippen molar-refractivity contribution in [3.05, 3.63) is 114 Å². The molecule has 2 heteroatoms. The summed E-state index contributed by atoms with van der Waals surface area (Å²) in [5.74, 6) is 0.940. The number of nitrogens with one attached hydrogen (secondary N) is 1. The standard InChI is InChI=1S/C26H25NO/c1-20(22-12-6-3-7-13-22)27-18-25-24-15-9-8-14-23(24)16-17-26(25)28-19-21-10-4-2-5-11-21/h2-17,20,27H,18-19H2,1H3/t20-/m1/s1. The van der Waals surface area contributed by atoms with Crippen LogP contribution >= 0.6 is 0 Å². The quantitative estimate of drug-likeness (QED) is 0.416. The lowest BCUT2D eigenvalue weighted by molar-refractivity contribution is 0.302. The molecule has 4 aromatic carbocycles. The first-order valence-electron chi connectivity index (χ1n) is 9.77. The monoisotopic (exact) mass is 367 g/mol. The third-order valence-corrected chi connectivity index (χ3v) is 5.12. The minimum Gasteiger partial charge on any atom is -0.489 e. The van der Waals surface area contributed by atoms with Crippen LogP contribution in [0.5, 0.6) is 5.75 Å². The molecule has 28 heavy (non-hydrogen) atoms. The van der Waals surface area contributed by atoms with E-state index in [-0.39, 0.29) is 6.04 Å². The Hall–Kier alpha value is -3.10. The van der Waals surface area contributed by atoms with Crippen molar-refractivity contribution in [3.63, 3.8) is 0 Å². The molecule has 0 bridgehead atoms. The Morgan fingerprint density at radius 2 is 1.43 bits per heavy atom. The van der Waals surface area contributed by atoms with Gasteiger partial charge in [0.25, 0.3) is 0 Å². The lowest BCUT2D eigenvalue weighted by atomic mass is 10.0. The summed E-state index contributed by atoms with van der Waals surface area (Å²) < 4.78 is 6.23. The van der Waals surface area contributed by atoms with Crippen molar-refractivity contribution < 1.29 is 4.74 Å². The molecule has 0 fully saturated rings. The molecular formula is C26H25NO. The lowest BCUT2D eigenvalue weighted by Crippen LogP contribution is -2.18. The third kappa shape index (κ3) is 4.24. The first-order chi connectivity index (χ1) is 13.8. The van der Waals surface area contributed by atoms with Crippen LogP contribution in [0.3, 0.4) is 0 Å². The molecule has 0 aliphatic carbocycles. The molecule has 1 atom stereocenters. The maximum absolute atomic E-state index is 6.23. The molecule has 4 aromatic rings. The number of hydrogen-bond acceptors (Lipinski definition) is 2. The van der Waals surface area contributed by atoms with Crippen LogP contribution in [-0.4, -0.2) is 0 Å². The number of fused-ring (bicyclic) bond motifs is 1. The number of rotatable bonds is 7. The van der Waals surface area contributed by atoms with Crippen LogP contribution in [0.15, 0.2) is 97.1 Å². The average molecular weight is 367 g/mol. The van der Waals surface area contributed by atoms with Crippen molar-refractivity contribution in [2.45, 2.75) is 26.1 Å². The summed E-state index contributed by atoms with van der Waals surface area (Å²) in [6.07, 6.45) is 0. The van der Waals surface area contributed by atoms with Crippen molar-refractivity contribution in [2.24, 2.45) is 0 Å². The third-order valence-electron chi connectivity index (χ3n) is 5.12. The zero-order valence-electron chi connectivity index (χ0n) is 16.1. The second kappa shape index (κ2) is 8.73. The van der Waals surface area contributed by atoms with Crippen molar-refractivity contribution in [2.75, 3.05) is 0 Å². The number of benzene rings is 4. The Balaban J connectivity index is 1.58. The Bertz CT molecular complexity index is 1030. The van der Waals surface area contributed by atoms with Crippen LogP contribution in [0.4, 0.5) is 0 Å². The van der Waals surface area contributed by atoms with Gasteiger partial charge in [0.2, 0.25) is 0 Å². The summed E-state index contributed by atoms with van der Waals surface area (Å²) in [6, 6.07) is 33.8. The molecule has 0 saturated heterocycles. The van der Waals surface area contributed by atoms with E-state index >= 15 is 0 Å². The molecule has 0 aliphatic heterocycles. The van der Waals surface area contributed by atoms with Crippen molar-refractivity contribution in [1.82, 2.24) is 5.32 Å². The average Bonchev–Trinajstić information content (AvgIpc) is 2.77. The molecule has 0 saturated carbocycles. The Morgan fingerprint density at radius 1 is 0.750 bits per heavy atom. The van der Waals surface area contributed by atoms with E-state index in [0.29, 0.717) is 6.61 Å². The summed E-state index contributed by atoms with van der Waals surface area (Å²) in [5.41, 5.74) is 3.67. The van der Waals surface area contributed by atoms with Crippen LogP contribution in [0.25, 0.3) is 10.8 Å². The molecule has 0 spiro atoms. The van der Waals surface area contributed by atoms with Gasteiger partial charge in [0.15, 0.2) is 0 Å². The smallest absolute Gasteiger partial charge is 0.124 e. The van der Waals surface area contributed by atoms with Crippen molar-refractivity contribution in [1.29, 1.82) is 0 Å². The molecule has 0 aromatic heterocycles. The molecule has 140 valence electrons. The van der Waals surface area contributed by atoms with E-state index in [9.17, 15) is 0 Å². The largest absolute Gasteiger partial charge is 0.489 e. The van der Waals surface area contributed by atoms with Gasteiger partial charge in [-0.05, 0) is 34.9 Å². The molecule has 0 aliphatic rings. The van der Waals surface area contributed by atoms with Gasteiger partial charge in [0, 0.05) is 18.2 Å². The van der Waals surface area contributed by atoms with Gasteiger partial charge in [0.1, 0.15) is 12.4 Å². The van der Waals surface area contributed by atoms with Gasteiger partial charge in [-0.2, -0.15) is 0 Å². The van der Waals surface area contributed by atoms with Crippen LogP contribution in [0.1, 0.15) is 29.7 Å². The molecule has 4 rings (SSSR count). The Morgan fingerprint density at radius 3 is 2.21 bits per heavy atom. The molecule has 0 unspecified atom stereocenters. The summed E-state index contributed by atoms with van der Waals surface area (Å²) in [7, 11) is 0. The second-order valence-corrected chi connectivity index (χ2v) is 7.05. The van der Waals surface area contributed by atoms with Gasteiger partial charge in [0.05, 0.1) is 0 Å². The van der Waals surface area contributed by atoms with Gasteiger partial charge in [-0.15, -0.1) is 0 Å². The van der Waals surface area contributed by atoms with E-state index in [2.05, 4.69) is 91.1 Å². The first kappa shape index (κ1) is 18.3. The highest BCUT2D eigenvalue weighted by Crippen LogP contribution is 2.29. The van der Waals surface area contributed by atoms with Crippen LogP contribution in [-0.2, 0) is 13.2 Å². The number of ether oxygens (including phenoxy) is 1. The maximum Gasteiger partial charge on any atom is 0.124 e. The fourth-order valence-corrected chi connectivity index (χ4v) is 3.48. The molecular weight excluding hydrogens is 342 g/mol. The summed E-state index contributed by atoms with van der Waals surface area (Å²) in [5, 5.41) is 6.14. The summed E-state index contributed by atoms with van der Waals surface area (Å²) in [6.45, 7) is 3.52. The highest BCUT2D eigenvalue weighted by molar-refractivity contribution is 5.87. The zero-order chi connectivity index (χ0) is 19.2. The van der Waals surface area contributed by atoms with Crippen LogP contribution < -0.4 is 10.1 Å². The van der Waals surface area contributed by atoms with Gasteiger partial charge in [-0.25, -0.2) is 0 Å². The topological polar surface area (TPSA) is 21.3 Å². The summed E-state index contributed by atoms with van der Waals surface area (Å²) >= 11 is 0. The highest BCUT2D eigenvalue weighted by atomic mass is 16.5. The fraction of sp³-hybridized carbons (Fsp3) is 0.154. The zero-order valence-corrected chi connectivity index (χ0v) is 16.1. The van der Waals surface area contributed by atoms with Gasteiger partial charge in [-0.3, -0.25) is 0 Å². The normalized spacial score (nSPS) is 12.0. The predicted molar refractivity (Wildman–Crippen MR) is 116 cm³/mol. The molecule has 0 radical (unpaired) electrons. The van der Waals surface area contributed by atoms with Crippen molar-refractivity contribution in [3.8, 4) is 5.75 Å². The Labute approximate surface area is 166 Å². The van der Waals surface area contributed by atoms with E-state index in [1.165, 1.54) is 27.5 Å². The van der Waals surface area contributed by atoms with Crippen molar-refractivity contribution >= 4 is 10.8 Å². The fourth-order valence-electron chi connectivity index (χ4n) is 3.48. The molecule has 0 amide bonds. The predicted octanol–water partition coefficient (Wildman–Crippen LogP) is 6.27. The van der Waals surface area contributed by atoms with Crippen LogP contribution in [0, 0.1) is 0 Å². The van der Waals surface area contributed by atoms with E-state index < -0.39 is 0 Å². The maximum atomic E-state index is 6.23. The SMILES string of the molecule is C[C@@H](NCc1c(OCc2ccccc2)ccc2ccccc12)c1ccccc1. The van der Waals surface area contributed by atoms with Crippen LogP contribution in [0.2, 0.25) is 0 Å². The lowest BCUT2D eigenvalue weighted by Gasteiger charge is -2.18. The molecule has 0 heterocycles. The second-order valence-electron chi connectivity index (χ2n) is 7.05.